The summed E-state index contributed by atoms with van der Waals surface area (Å²) >= 11 is 1.88. The first kappa shape index (κ1) is 22.0. The van der Waals surface area contributed by atoms with Gasteiger partial charge in [0.05, 0.1) is 12.2 Å². The molecular formula is C24H32N8S. The number of H-pyrrole nitrogens is 1. The average molecular weight is 465 g/mol. The van der Waals surface area contributed by atoms with E-state index in [0.29, 0.717) is 11.8 Å². The number of nitrogens with zero attached hydrogens (tertiary/aromatic N) is 5. The Balaban J connectivity index is 1.26. The summed E-state index contributed by atoms with van der Waals surface area (Å²) in [5, 5.41) is 15.0. The molecule has 8 nitrogen and oxygen atoms in total. The van der Waals surface area contributed by atoms with Gasteiger partial charge in [0, 0.05) is 37.5 Å². The number of hydrogen-bond donors (Lipinski definition) is 3. The second kappa shape index (κ2) is 10.4. The Morgan fingerprint density at radius 2 is 1.94 bits per heavy atom. The van der Waals surface area contributed by atoms with E-state index in [1.54, 1.807) is 0 Å². The number of thioether (sulfide) groups is 1. The summed E-state index contributed by atoms with van der Waals surface area (Å²) in [7, 11) is 2.17. The number of likely N-dealkylation sites (N-methyl/N-ethyl adjacent to an activating group) is 1. The van der Waals surface area contributed by atoms with E-state index in [9.17, 15) is 0 Å². The smallest absolute Gasteiger partial charge is 0.202 e. The molecule has 174 valence electrons. The van der Waals surface area contributed by atoms with Crippen LogP contribution in [0.25, 0.3) is 11.3 Å². The van der Waals surface area contributed by atoms with Gasteiger partial charge in [-0.25, -0.2) is 9.98 Å². The number of allylic oxidation sites excluding steroid dienone is 2. The first-order valence-corrected chi connectivity index (χ1v) is 12.7. The maximum atomic E-state index is 4.99. The molecule has 0 radical (unpaired) electrons. The number of rotatable bonds is 6. The molecule has 2 unspecified atom stereocenters. The highest BCUT2D eigenvalue weighted by Gasteiger charge is 2.26. The minimum Gasteiger partial charge on any atom is -0.361 e. The molecule has 2 aliphatic heterocycles. The zero-order valence-electron chi connectivity index (χ0n) is 19.1. The van der Waals surface area contributed by atoms with Crippen LogP contribution in [0.3, 0.4) is 0 Å². The van der Waals surface area contributed by atoms with Crippen molar-refractivity contribution in [3.63, 3.8) is 0 Å². The molecule has 9 heteroatoms. The number of anilines is 1. The molecule has 33 heavy (non-hydrogen) atoms. The molecule has 5 rings (SSSR count). The third-order valence-electron chi connectivity index (χ3n) is 6.19. The first-order chi connectivity index (χ1) is 16.2. The number of aromatic amines is 1. The molecule has 0 spiro atoms. The molecule has 1 aliphatic carbocycles. The third-order valence-corrected chi connectivity index (χ3v) is 7.46. The molecule has 3 N–H and O–H groups in total. The van der Waals surface area contributed by atoms with Crippen molar-refractivity contribution in [2.24, 2.45) is 9.98 Å². The van der Waals surface area contributed by atoms with Crippen molar-refractivity contribution in [3.8, 4) is 11.3 Å². The molecule has 1 aromatic heterocycles. The lowest BCUT2D eigenvalue weighted by molar-refractivity contribution is 0.212. The Bertz CT molecular complexity index is 1010. The minimum absolute atomic E-state index is 0.103. The Hall–Kier alpha value is -2.78. The van der Waals surface area contributed by atoms with Crippen LogP contribution in [0.15, 0.2) is 58.5 Å². The van der Waals surface area contributed by atoms with Crippen LogP contribution in [0.4, 0.5) is 5.82 Å². The lowest BCUT2D eigenvalue weighted by Gasteiger charge is -2.36. The van der Waals surface area contributed by atoms with Gasteiger partial charge in [-0.1, -0.05) is 42.5 Å². The highest BCUT2D eigenvalue weighted by molar-refractivity contribution is 8.00. The summed E-state index contributed by atoms with van der Waals surface area (Å²) in [5.74, 6) is 2.67. The quantitative estimate of drug-likeness (QED) is 0.570. The Kier molecular flexibility index (Phi) is 6.97. The Labute approximate surface area is 199 Å². The number of amidine groups is 1. The van der Waals surface area contributed by atoms with Crippen molar-refractivity contribution >= 4 is 29.4 Å². The number of benzene rings is 1. The number of guanidine groups is 1. The molecule has 1 fully saturated rings. The second-order valence-corrected chi connectivity index (χ2v) is 10.1. The van der Waals surface area contributed by atoms with E-state index in [-0.39, 0.29) is 5.50 Å². The maximum absolute atomic E-state index is 4.99. The van der Waals surface area contributed by atoms with E-state index >= 15 is 0 Å². The predicted molar refractivity (Wildman–Crippen MR) is 138 cm³/mol. The molecule has 2 aromatic rings. The van der Waals surface area contributed by atoms with Crippen LogP contribution >= 0.6 is 11.8 Å². The topological polar surface area (TPSA) is 83.9 Å². The largest absolute Gasteiger partial charge is 0.361 e. The normalized spacial score (nSPS) is 23.6. The van der Waals surface area contributed by atoms with Crippen LogP contribution in [0, 0.1) is 0 Å². The van der Waals surface area contributed by atoms with Crippen molar-refractivity contribution in [1.82, 2.24) is 25.3 Å². The maximum Gasteiger partial charge on any atom is 0.202 e. The summed E-state index contributed by atoms with van der Waals surface area (Å²) < 4.78 is 0. The van der Waals surface area contributed by atoms with Gasteiger partial charge in [-0.15, -0.1) is 11.8 Å². The van der Waals surface area contributed by atoms with Gasteiger partial charge in [0.2, 0.25) is 5.96 Å². The zero-order chi connectivity index (χ0) is 22.5. The summed E-state index contributed by atoms with van der Waals surface area (Å²) in [6.07, 6.45) is 8.03. The third kappa shape index (κ3) is 5.78. The number of nitrogens with one attached hydrogen (secondary N) is 3. The van der Waals surface area contributed by atoms with E-state index in [1.807, 2.05) is 36.0 Å². The van der Waals surface area contributed by atoms with Gasteiger partial charge < -0.3 is 20.4 Å². The molecule has 0 amide bonds. The van der Waals surface area contributed by atoms with Gasteiger partial charge in [-0.05, 0) is 31.9 Å². The van der Waals surface area contributed by atoms with Crippen LogP contribution in [-0.4, -0.2) is 82.3 Å². The molecule has 2 atom stereocenters. The van der Waals surface area contributed by atoms with Gasteiger partial charge >= 0.3 is 0 Å². The van der Waals surface area contributed by atoms with E-state index < -0.39 is 0 Å². The van der Waals surface area contributed by atoms with Gasteiger partial charge in [0.1, 0.15) is 11.7 Å². The van der Waals surface area contributed by atoms with E-state index in [2.05, 4.69) is 62.0 Å². The standard InChI is InChI=1S/C24H32N8S/c1-31-12-14-32(15-13-31)23-26-22(27-24(28-23)33-19-10-6-3-7-11-19)17-25-21-16-20(29-30-21)18-8-4-2-5-9-18/h2-6,8-9,16,19,24H,7,10-15,17H2,1H3,(H2,25,29,30)(H,26,27,28). The number of piperazine rings is 1. The lowest BCUT2D eigenvalue weighted by Crippen LogP contribution is -2.54. The second-order valence-electron chi connectivity index (χ2n) is 8.70. The van der Waals surface area contributed by atoms with E-state index in [1.165, 1.54) is 6.42 Å². The Morgan fingerprint density at radius 3 is 2.73 bits per heavy atom. The number of aliphatic imine (C=N–C) groups is 2. The molecule has 1 saturated heterocycles. The SMILES string of the molecule is CN1CCN(C2=NC(SC3CC=CCC3)N=C(CNc3cc(-c4ccccc4)[nH]n3)N2)CC1. The average Bonchev–Trinajstić information content (AvgIpc) is 3.33. The lowest BCUT2D eigenvalue weighted by atomic mass is 10.1. The summed E-state index contributed by atoms with van der Waals surface area (Å²) in [6, 6.07) is 12.3. The summed E-state index contributed by atoms with van der Waals surface area (Å²) in [6.45, 7) is 4.63. The predicted octanol–water partition coefficient (Wildman–Crippen LogP) is 3.22. The highest BCUT2D eigenvalue weighted by Crippen LogP contribution is 2.30. The van der Waals surface area contributed by atoms with Crippen molar-refractivity contribution in [2.75, 3.05) is 45.1 Å². The molecule has 0 saturated carbocycles. The number of hydrogen-bond acceptors (Lipinski definition) is 8. The fraction of sp³-hybridized carbons (Fsp3) is 0.458. The molecule has 1 aromatic carbocycles. The molecule has 3 heterocycles. The van der Waals surface area contributed by atoms with Crippen molar-refractivity contribution in [3.05, 3.63) is 48.6 Å². The first-order valence-electron chi connectivity index (χ1n) is 11.7. The van der Waals surface area contributed by atoms with Crippen LogP contribution < -0.4 is 10.6 Å². The van der Waals surface area contributed by atoms with Crippen LogP contribution in [-0.2, 0) is 0 Å². The van der Waals surface area contributed by atoms with Crippen LogP contribution in [0.5, 0.6) is 0 Å². The van der Waals surface area contributed by atoms with Crippen LogP contribution in [0.2, 0.25) is 0 Å². The molecular weight excluding hydrogens is 432 g/mol. The van der Waals surface area contributed by atoms with Gasteiger partial charge in [-0.2, -0.15) is 5.10 Å². The summed E-state index contributed by atoms with van der Waals surface area (Å²) in [5.41, 5.74) is 2.01. The fourth-order valence-corrected chi connectivity index (χ4v) is 5.39. The van der Waals surface area contributed by atoms with Crippen molar-refractivity contribution in [1.29, 1.82) is 0 Å². The Morgan fingerprint density at radius 1 is 1.09 bits per heavy atom. The van der Waals surface area contributed by atoms with E-state index in [0.717, 1.165) is 67.9 Å². The molecule has 0 bridgehead atoms. The molecule has 3 aliphatic rings. The fourth-order valence-electron chi connectivity index (χ4n) is 4.20. The zero-order valence-corrected chi connectivity index (χ0v) is 19.9. The van der Waals surface area contributed by atoms with Crippen LogP contribution in [0.1, 0.15) is 19.3 Å². The number of aromatic nitrogens is 2. The highest BCUT2D eigenvalue weighted by atomic mass is 32.2. The van der Waals surface area contributed by atoms with Crippen molar-refractivity contribution < 1.29 is 0 Å². The summed E-state index contributed by atoms with van der Waals surface area (Å²) in [4.78, 5) is 14.6. The monoisotopic (exact) mass is 464 g/mol. The minimum atomic E-state index is -0.103. The van der Waals surface area contributed by atoms with Gasteiger partial charge in [0.15, 0.2) is 5.50 Å². The van der Waals surface area contributed by atoms with E-state index in [4.69, 9.17) is 9.98 Å². The van der Waals surface area contributed by atoms with Crippen molar-refractivity contribution in [2.45, 2.75) is 30.0 Å². The van der Waals surface area contributed by atoms with Gasteiger partial charge in [-0.3, -0.25) is 5.10 Å². The van der Waals surface area contributed by atoms with Gasteiger partial charge in [0.25, 0.3) is 0 Å².